The van der Waals surface area contributed by atoms with Gasteiger partial charge in [0.25, 0.3) is 0 Å². The van der Waals surface area contributed by atoms with Crippen LogP contribution in [-0.2, 0) is 9.47 Å². The first kappa shape index (κ1) is 9.81. The monoisotopic (exact) mass is 204 g/mol. The molecule has 78 valence electrons. The molecule has 2 saturated heterocycles. The van der Waals surface area contributed by atoms with Crippen molar-refractivity contribution < 1.29 is 9.47 Å². The van der Waals surface area contributed by atoms with E-state index in [0.717, 1.165) is 31.3 Å². The van der Waals surface area contributed by atoms with Crippen LogP contribution in [0, 0.1) is 0 Å². The molecule has 0 aromatic carbocycles. The van der Waals surface area contributed by atoms with Gasteiger partial charge in [-0.2, -0.15) is 0 Å². The number of hydrogen-bond donors (Lipinski definition) is 0. The second-order valence-electron chi connectivity index (χ2n) is 4.35. The molecule has 3 heteroatoms. The summed E-state index contributed by atoms with van der Waals surface area (Å²) in [6.45, 7) is 4.16. The van der Waals surface area contributed by atoms with E-state index in [0.29, 0.717) is 0 Å². The Hall–Kier alpha value is 0.270. The molecule has 2 fully saturated rings. The molecule has 2 nitrogen and oxygen atoms in total. The van der Waals surface area contributed by atoms with Gasteiger partial charge in [0.1, 0.15) is 0 Å². The van der Waals surface area contributed by atoms with Crippen LogP contribution < -0.4 is 0 Å². The van der Waals surface area contributed by atoms with E-state index in [1.54, 1.807) is 0 Å². The Kier molecular flexibility index (Phi) is 2.86. The van der Waals surface area contributed by atoms with Crippen molar-refractivity contribution in [3.05, 3.63) is 0 Å². The highest BCUT2D eigenvalue weighted by Gasteiger charge is 2.41. The van der Waals surface area contributed by atoms with Crippen molar-refractivity contribution in [1.29, 1.82) is 0 Å². The summed E-state index contributed by atoms with van der Waals surface area (Å²) in [7, 11) is -0.212. The van der Waals surface area contributed by atoms with Crippen molar-refractivity contribution >= 4 is 10.0 Å². The van der Waals surface area contributed by atoms with E-state index in [1.807, 2.05) is 0 Å². The third-order valence-corrected chi connectivity index (χ3v) is 7.30. The second kappa shape index (κ2) is 3.79. The van der Waals surface area contributed by atoms with E-state index < -0.39 is 0 Å². The molecule has 0 spiro atoms. The minimum atomic E-state index is -0.212. The Morgan fingerprint density at radius 3 is 2.46 bits per heavy atom. The standard InChI is InChI=1S/C10H20O2S/c1-9-8-13(9,2)7-4-10-11-5-3-6-12-10/h9-10H,3-8H2,1-2H3. The molecule has 0 saturated carbocycles. The molecular weight excluding hydrogens is 184 g/mol. The van der Waals surface area contributed by atoms with Crippen molar-refractivity contribution in [3.63, 3.8) is 0 Å². The predicted molar refractivity (Wildman–Crippen MR) is 57.6 cm³/mol. The van der Waals surface area contributed by atoms with Gasteiger partial charge in [-0.25, -0.2) is 10.0 Å². The highest BCUT2D eigenvalue weighted by molar-refractivity contribution is 8.39. The average Bonchev–Trinajstić information content (AvgIpc) is 2.74. The van der Waals surface area contributed by atoms with Crippen LogP contribution in [0.2, 0.25) is 0 Å². The predicted octanol–water partition coefficient (Wildman–Crippen LogP) is 1.98. The van der Waals surface area contributed by atoms with E-state index in [9.17, 15) is 0 Å². The quantitative estimate of drug-likeness (QED) is 0.654. The lowest BCUT2D eigenvalue weighted by atomic mass is 10.4. The highest BCUT2D eigenvalue weighted by atomic mass is 32.3. The molecule has 13 heavy (non-hydrogen) atoms. The smallest absolute Gasteiger partial charge is 0.158 e. The van der Waals surface area contributed by atoms with Crippen LogP contribution in [0.25, 0.3) is 0 Å². The molecule has 0 aliphatic carbocycles. The van der Waals surface area contributed by atoms with Gasteiger partial charge >= 0.3 is 0 Å². The number of rotatable bonds is 3. The summed E-state index contributed by atoms with van der Waals surface area (Å²) in [6.07, 6.45) is 4.76. The van der Waals surface area contributed by atoms with Crippen LogP contribution in [0.5, 0.6) is 0 Å². The van der Waals surface area contributed by atoms with Gasteiger partial charge in [-0.15, -0.1) is 0 Å². The summed E-state index contributed by atoms with van der Waals surface area (Å²) in [5.41, 5.74) is 0. The molecule has 0 bridgehead atoms. The fourth-order valence-electron chi connectivity index (χ4n) is 1.85. The molecule has 2 aliphatic rings. The van der Waals surface area contributed by atoms with E-state index in [-0.39, 0.29) is 16.3 Å². The minimum Gasteiger partial charge on any atom is -0.353 e. The Bertz CT molecular complexity index is 180. The molecule has 0 aromatic rings. The Balaban J connectivity index is 1.67. The topological polar surface area (TPSA) is 18.5 Å². The van der Waals surface area contributed by atoms with Gasteiger partial charge in [-0.3, -0.25) is 0 Å². The Morgan fingerprint density at radius 2 is 1.92 bits per heavy atom. The largest absolute Gasteiger partial charge is 0.353 e. The minimum absolute atomic E-state index is 0.117. The summed E-state index contributed by atoms with van der Waals surface area (Å²) >= 11 is 0. The normalized spacial score (nSPS) is 45.5. The van der Waals surface area contributed by atoms with E-state index in [2.05, 4.69) is 13.2 Å². The van der Waals surface area contributed by atoms with Gasteiger partial charge in [-0.1, -0.05) is 6.92 Å². The van der Waals surface area contributed by atoms with Crippen LogP contribution in [0.15, 0.2) is 0 Å². The van der Waals surface area contributed by atoms with Crippen LogP contribution in [-0.4, -0.2) is 42.5 Å². The molecule has 2 aliphatic heterocycles. The number of hydrogen-bond acceptors (Lipinski definition) is 2. The molecular formula is C10H20O2S. The van der Waals surface area contributed by atoms with Crippen molar-refractivity contribution in [1.82, 2.24) is 0 Å². The lowest BCUT2D eigenvalue weighted by molar-refractivity contribution is -0.178. The Morgan fingerprint density at radius 1 is 1.31 bits per heavy atom. The zero-order chi connectivity index (χ0) is 9.31. The third kappa shape index (κ3) is 2.39. The van der Waals surface area contributed by atoms with Gasteiger partial charge in [0.15, 0.2) is 6.29 Å². The van der Waals surface area contributed by atoms with E-state index in [1.165, 1.54) is 11.5 Å². The van der Waals surface area contributed by atoms with Gasteiger partial charge in [-0.05, 0) is 29.4 Å². The second-order valence-corrected chi connectivity index (χ2v) is 8.59. The number of ether oxygens (including phenoxy) is 2. The molecule has 0 N–H and O–H groups in total. The van der Waals surface area contributed by atoms with Gasteiger partial charge in [0.2, 0.25) is 0 Å². The van der Waals surface area contributed by atoms with Crippen molar-refractivity contribution in [2.24, 2.45) is 0 Å². The molecule has 2 rings (SSSR count). The molecule has 2 atom stereocenters. The fraction of sp³-hybridized carbons (Fsp3) is 1.00. The van der Waals surface area contributed by atoms with Crippen molar-refractivity contribution in [2.45, 2.75) is 31.3 Å². The zero-order valence-electron chi connectivity index (χ0n) is 8.62. The molecule has 2 heterocycles. The lowest BCUT2D eigenvalue weighted by Crippen LogP contribution is -2.25. The maximum atomic E-state index is 5.53. The van der Waals surface area contributed by atoms with Gasteiger partial charge < -0.3 is 9.47 Å². The Labute approximate surface area is 82.3 Å². The fourth-order valence-corrected chi connectivity index (χ4v) is 4.84. The van der Waals surface area contributed by atoms with Crippen LogP contribution in [0.4, 0.5) is 0 Å². The SMILES string of the molecule is CC1CS1(C)CCC1OCCCO1. The first-order valence-corrected chi connectivity index (χ1v) is 7.61. The van der Waals surface area contributed by atoms with Crippen molar-refractivity contribution in [2.75, 3.05) is 31.0 Å². The van der Waals surface area contributed by atoms with Crippen LogP contribution in [0.3, 0.4) is 0 Å². The molecule has 0 amide bonds. The third-order valence-electron chi connectivity index (χ3n) is 3.19. The van der Waals surface area contributed by atoms with Crippen LogP contribution in [0.1, 0.15) is 19.8 Å². The first-order chi connectivity index (χ1) is 6.21. The maximum absolute atomic E-state index is 5.53. The molecule has 2 unspecified atom stereocenters. The lowest BCUT2D eigenvalue weighted by Gasteiger charge is -2.25. The van der Waals surface area contributed by atoms with E-state index in [4.69, 9.17) is 9.47 Å². The maximum Gasteiger partial charge on any atom is 0.158 e. The van der Waals surface area contributed by atoms with Gasteiger partial charge in [0, 0.05) is 6.42 Å². The van der Waals surface area contributed by atoms with Crippen LogP contribution >= 0.6 is 10.0 Å². The average molecular weight is 204 g/mol. The summed E-state index contributed by atoms with van der Waals surface area (Å²) in [6, 6.07) is 0. The summed E-state index contributed by atoms with van der Waals surface area (Å²) < 4.78 is 11.1. The van der Waals surface area contributed by atoms with Crippen molar-refractivity contribution in [3.8, 4) is 0 Å². The highest BCUT2D eigenvalue weighted by Crippen LogP contribution is 2.65. The zero-order valence-corrected chi connectivity index (χ0v) is 9.44. The summed E-state index contributed by atoms with van der Waals surface area (Å²) in [4.78, 5) is 0. The van der Waals surface area contributed by atoms with Gasteiger partial charge in [0.05, 0.1) is 13.2 Å². The summed E-state index contributed by atoms with van der Waals surface area (Å²) in [5.74, 6) is 2.82. The molecule has 0 aromatic heterocycles. The summed E-state index contributed by atoms with van der Waals surface area (Å²) in [5, 5.41) is 0.996. The molecule has 0 radical (unpaired) electrons. The van der Waals surface area contributed by atoms with E-state index >= 15 is 0 Å². The first-order valence-electron chi connectivity index (χ1n) is 5.16.